The van der Waals surface area contributed by atoms with Crippen molar-refractivity contribution in [3.05, 3.63) is 29.3 Å². The van der Waals surface area contributed by atoms with Gasteiger partial charge in [0.25, 0.3) is 0 Å². The second kappa shape index (κ2) is 5.70. The van der Waals surface area contributed by atoms with Crippen LogP contribution in [0.4, 0.5) is 5.69 Å². The zero-order valence-electron chi connectivity index (χ0n) is 10.2. The summed E-state index contributed by atoms with van der Waals surface area (Å²) < 4.78 is 25.5. The number of carboxylic acids is 1. The van der Waals surface area contributed by atoms with Crippen molar-refractivity contribution in [1.82, 2.24) is 0 Å². The minimum Gasteiger partial charge on any atom is -0.481 e. The molecular formula is C11H14N2O5S. The topological polar surface area (TPSA) is 127 Å². The first-order chi connectivity index (χ1) is 8.73. The summed E-state index contributed by atoms with van der Waals surface area (Å²) in [6.07, 6.45) is -0.496. The summed E-state index contributed by atoms with van der Waals surface area (Å²) in [6, 6.07) is 4.44. The predicted octanol–water partition coefficient (Wildman–Crippen LogP) is 0.310. The third-order valence-corrected chi connectivity index (χ3v) is 3.72. The van der Waals surface area contributed by atoms with Crippen LogP contribution in [0.2, 0.25) is 0 Å². The number of hydrogen-bond donors (Lipinski definition) is 3. The highest BCUT2D eigenvalue weighted by molar-refractivity contribution is 7.92. The van der Waals surface area contributed by atoms with Crippen LogP contribution in [0.3, 0.4) is 0 Å². The van der Waals surface area contributed by atoms with Crippen molar-refractivity contribution in [2.75, 3.05) is 10.5 Å². The Morgan fingerprint density at radius 3 is 2.53 bits per heavy atom. The molecule has 8 heteroatoms. The first-order valence-electron chi connectivity index (χ1n) is 5.34. The molecule has 1 aromatic carbocycles. The lowest BCUT2D eigenvalue weighted by atomic mass is 10.1. The fourth-order valence-electron chi connectivity index (χ4n) is 1.45. The van der Waals surface area contributed by atoms with Gasteiger partial charge in [0.15, 0.2) is 0 Å². The van der Waals surface area contributed by atoms with Gasteiger partial charge in [0, 0.05) is 5.56 Å². The Morgan fingerprint density at radius 2 is 2.00 bits per heavy atom. The van der Waals surface area contributed by atoms with Gasteiger partial charge in [-0.2, -0.15) is 0 Å². The molecule has 1 rings (SSSR count). The average molecular weight is 286 g/mol. The van der Waals surface area contributed by atoms with Gasteiger partial charge in [-0.1, -0.05) is 6.07 Å². The summed E-state index contributed by atoms with van der Waals surface area (Å²) >= 11 is 0. The van der Waals surface area contributed by atoms with Crippen LogP contribution >= 0.6 is 0 Å². The second-order valence-corrected chi connectivity index (χ2v) is 5.75. The van der Waals surface area contributed by atoms with Crippen LogP contribution in [0, 0.1) is 6.92 Å². The molecule has 104 valence electrons. The van der Waals surface area contributed by atoms with E-state index >= 15 is 0 Å². The molecule has 0 saturated heterocycles. The number of nitrogens with two attached hydrogens (primary N) is 1. The summed E-state index contributed by atoms with van der Waals surface area (Å²) in [7, 11) is -3.78. The van der Waals surface area contributed by atoms with Crippen molar-refractivity contribution in [2.24, 2.45) is 5.73 Å². The summed E-state index contributed by atoms with van der Waals surface area (Å²) in [4.78, 5) is 21.5. The molecule has 1 aromatic rings. The second-order valence-electron chi connectivity index (χ2n) is 3.91. The summed E-state index contributed by atoms with van der Waals surface area (Å²) in [6.45, 7) is 1.55. The molecule has 0 aliphatic carbocycles. The Morgan fingerprint density at radius 1 is 1.37 bits per heavy atom. The lowest BCUT2D eigenvalue weighted by Gasteiger charge is -2.11. The molecule has 0 aliphatic rings. The van der Waals surface area contributed by atoms with Crippen LogP contribution in [0.1, 0.15) is 22.3 Å². The molecular weight excluding hydrogens is 272 g/mol. The van der Waals surface area contributed by atoms with Gasteiger partial charge in [-0.3, -0.25) is 14.3 Å². The first-order valence-corrected chi connectivity index (χ1v) is 7.00. The van der Waals surface area contributed by atoms with E-state index in [0.717, 1.165) is 0 Å². The van der Waals surface area contributed by atoms with E-state index in [1.165, 1.54) is 18.2 Å². The molecule has 7 nitrogen and oxygen atoms in total. The molecule has 1 amide bonds. The highest BCUT2D eigenvalue weighted by Crippen LogP contribution is 2.20. The van der Waals surface area contributed by atoms with Gasteiger partial charge in [0.05, 0.1) is 17.9 Å². The van der Waals surface area contributed by atoms with Gasteiger partial charge < -0.3 is 10.8 Å². The van der Waals surface area contributed by atoms with E-state index < -0.39 is 34.1 Å². The number of carbonyl (C=O) groups is 2. The summed E-state index contributed by atoms with van der Waals surface area (Å²) in [5.41, 5.74) is 5.97. The highest BCUT2D eigenvalue weighted by Gasteiger charge is 2.16. The molecule has 0 atom stereocenters. The smallest absolute Gasteiger partial charge is 0.304 e. The van der Waals surface area contributed by atoms with E-state index in [1.807, 2.05) is 0 Å². The Bertz CT molecular complexity index is 610. The van der Waals surface area contributed by atoms with Crippen LogP contribution in [0.15, 0.2) is 18.2 Å². The quantitative estimate of drug-likeness (QED) is 0.693. The maximum absolute atomic E-state index is 11.6. The van der Waals surface area contributed by atoms with Gasteiger partial charge in [-0.15, -0.1) is 0 Å². The number of aliphatic carboxylic acids is 1. The molecule has 4 N–H and O–H groups in total. The Hall–Kier alpha value is -2.09. The van der Waals surface area contributed by atoms with E-state index in [9.17, 15) is 18.0 Å². The minimum absolute atomic E-state index is 0.207. The summed E-state index contributed by atoms with van der Waals surface area (Å²) in [5, 5.41) is 8.46. The third-order valence-electron chi connectivity index (χ3n) is 2.45. The van der Waals surface area contributed by atoms with E-state index in [-0.39, 0.29) is 11.3 Å². The molecule has 0 spiro atoms. The summed E-state index contributed by atoms with van der Waals surface area (Å²) in [5.74, 6) is -2.40. The number of nitrogens with one attached hydrogen (secondary N) is 1. The van der Waals surface area contributed by atoms with Gasteiger partial charge in [0.2, 0.25) is 15.9 Å². The largest absolute Gasteiger partial charge is 0.481 e. The zero-order chi connectivity index (χ0) is 14.6. The Kier molecular flexibility index (Phi) is 4.49. The number of primary amides is 1. The Balaban J connectivity index is 2.97. The maximum atomic E-state index is 11.6. The lowest BCUT2D eigenvalue weighted by molar-refractivity contribution is -0.136. The number of rotatable bonds is 6. The molecule has 0 aromatic heterocycles. The van der Waals surface area contributed by atoms with E-state index in [0.29, 0.717) is 5.56 Å². The van der Waals surface area contributed by atoms with E-state index in [2.05, 4.69) is 4.72 Å². The van der Waals surface area contributed by atoms with Crippen molar-refractivity contribution in [2.45, 2.75) is 13.3 Å². The van der Waals surface area contributed by atoms with Gasteiger partial charge in [-0.05, 0) is 24.6 Å². The number of carboxylic acid groups (broad SMARTS) is 1. The van der Waals surface area contributed by atoms with Crippen LogP contribution in [0.25, 0.3) is 0 Å². The number of amides is 1. The van der Waals surface area contributed by atoms with Crippen LogP contribution < -0.4 is 10.5 Å². The van der Waals surface area contributed by atoms with E-state index in [4.69, 9.17) is 10.8 Å². The van der Waals surface area contributed by atoms with Crippen molar-refractivity contribution >= 4 is 27.6 Å². The van der Waals surface area contributed by atoms with Gasteiger partial charge >= 0.3 is 5.97 Å². The van der Waals surface area contributed by atoms with Crippen LogP contribution in [-0.2, 0) is 14.8 Å². The van der Waals surface area contributed by atoms with E-state index in [1.54, 1.807) is 6.92 Å². The molecule has 0 bridgehead atoms. The number of sulfonamides is 1. The Labute approximate surface area is 110 Å². The fraction of sp³-hybridized carbons (Fsp3) is 0.273. The number of anilines is 1. The lowest BCUT2D eigenvalue weighted by Crippen LogP contribution is -2.20. The van der Waals surface area contributed by atoms with Gasteiger partial charge in [-0.25, -0.2) is 8.42 Å². The van der Waals surface area contributed by atoms with Crippen molar-refractivity contribution in [3.8, 4) is 0 Å². The predicted molar refractivity (Wildman–Crippen MR) is 69.4 cm³/mol. The molecule has 19 heavy (non-hydrogen) atoms. The minimum atomic E-state index is -3.78. The molecule has 0 unspecified atom stereocenters. The maximum Gasteiger partial charge on any atom is 0.304 e. The standard InChI is InChI=1S/C11H14N2O5S/c1-7-8(11(12)16)3-2-4-9(7)13-19(17,18)6-5-10(14)15/h2-4,13H,5-6H2,1H3,(H2,12,16)(H,14,15). The SMILES string of the molecule is Cc1c(NS(=O)(=O)CCC(=O)O)cccc1C(N)=O. The number of benzene rings is 1. The first kappa shape index (κ1) is 15.0. The molecule has 0 saturated carbocycles. The van der Waals surface area contributed by atoms with Crippen LogP contribution in [0.5, 0.6) is 0 Å². The zero-order valence-corrected chi connectivity index (χ0v) is 11.0. The number of carbonyl (C=O) groups excluding carboxylic acids is 1. The van der Waals surface area contributed by atoms with Crippen molar-refractivity contribution in [1.29, 1.82) is 0 Å². The highest BCUT2D eigenvalue weighted by atomic mass is 32.2. The third kappa shape index (κ3) is 4.25. The van der Waals surface area contributed by atoms with Crippen LogP contribution in [-0.4, -0.2) is 31.2 Å². The normalized spacial score (nSPS) is 11.0. The molecule has 0 heterocycles. The average Bonchev–Trinajstić information content (AvgIpc) is 2.29. The molecule has 0 radical (unpaired) electrons. The number of hydrogen-bond acceptors (Lipinski definition) is 4. The fourth-order valence-corrected chi connectivity index (χ4v) is 2.55. The van der Waals surface area contributed by atoms with Crippen molar-refractivity contribution < 1.29 is 23.1 Å². The molecule has 0 aliphatic heterocycles. The van der Waals surface area contributed by atoms with Crippen molar-refractivity contribution in [3.63, 3.8) is 0 Å². The molecule has 0 fully saturated rings. The van der Waals surface area contributed by atoms with Gasteiger partial charge in [0.1, 0.15) is 0 Å². The monoisotopic (exact) mass is 286 g/mol.